The second-order valence-electron chi connectivity index (χ2n) is 6.10. The molecule has 158 valence electrons. The van der Waals surface area contributed by atoms with E-state index in [4.69, 9.17) is 26.2 Å². The zero-order valence-electron chi connectivity index (χ0n) is 16.2. The molecule has 2 rings (SSSR count). The summed E-state index contributed by atoms with van der Waals surface area (Å²) in [7, 11) is 0. The first-order valence-electron chi connectivity index (χ1n) is 8.81. The molecule has 0 saturated carbocycles. The van der Waals surface area contributed by atoms with Crippen LogP contribution in [0.15, 0.2) is 52.3 Å². The van der Waals surface area contributed by atoms with Crippen LogP contribution in [-0.2, 0) is 16.1 Å². The van der Waals surface area contributed by atoms with Gasteiger partial charge in [0, 0.05) is 22.0 Å². The number of hydrogen-bond donors (Lipinski definition) is 6. The van der Waals surface area contributed by atoms with Crippen molar-refractivity contribution in [1.82, 2.24) is 5.32 Å². The Labute approximate surface area is 173 Å². The fraction of sp³-hybridized carbons (Fsp3) is 0.300. The largest absolute Gasteiger partial charge is 0.479 e. The number of hydrogen-bond acceptors (Lipinski definition) is 7. The van der Waals surface area contributed by atoms with Crippen LogP contribution in [0, 0.1) is 6.92 Å². The second kappa shape index (κ2) is 12.1. The summed E-state index contributed by atoms with van der Waals surface area (Å²) in [5, 5.41) is 35.9. The number of aliphatic hydroxyl groups excluding tert-OH is 2. The topological polar surface area (TPSA) is 153 Å². The van der Waals surface area contributed by atoms with Gasteiger partial charge >= 0.3 is 11.9 Å². The van der Waals surface area contributed by atoms with Crippen molar-refractivity contribution in [2.24, 2.45) is 0 Å². The van der Waals surface area contributed by atoms with E-state index in [2.05, 4.69) is 55.6 Å². The molecule has 0 spiro atoms. The smallest absolute Gasteiger partial charge is 0.335 e. The van der Waals surface area contributed by atoms with E-state index in [9.17, 15) is 9.59 Å². The van der Waals surface area contributed by atoms with Crippen molar-refractivity contribution in [2.75, 3.05) is 12.3 Å². The van der Waals surface area contributed by atoms with E-state index >= 15 is 0 Å². The van der Waals surface area contributed by atoms with Gasteiger partial charge in [-0.05, 0) is 42.8 Å². The Morgan fingerprint density at radius 2 is 1.62 bits per heavy atom. The van der Waals surface area contributed by atoms with Crippen LogP contribution in [0.25, 0.3) is 0 Å². The molecular formula is C20H26N2O6S. The highest BCUT2D eigenvalue weighted by Crippen LogP contribution is 2.34. The molecule has 7 N–H and O–H groups in total. The fourth-order valence-electron chi connectivity index (χ4n) is 2.16. The molecule has 0 saturated heterocycles. The first kappa shape index (κ1) is 24.4. The highest BCUT2D eigenvalue weighted by molar-refractivity contribution is 7.99. The van der Waals surface area contributed by atoms with Gasteiger partial charge in [0.1, 0.15) is 0 Å². The number of aliphatic hydroxyl groups is 2. The molecule has 0 aliphatic rings. The van der Waals surface area contributed by atoms with Gasteiger partial charge in [-0.25, -0.2) is 9.59 Å². The minimum Gasteiger partial charge on any atom is -0.479 e. The third-order valence-electron chi connectivity index (χ3n) is 3.73. The Bertz CT molecular complexity index is 812. The minimum absolute atomic E-state index is 0.850. The molecule has 2 atom stereocenters. The molecule has 2 aromatic carbocycles. The van der Waals surface area contributed by atoms with Gasteiger partial charge in [0.2, 0.25) is 0 Å². The van der Waals surface area contributed by atoms with Crippen LogP contribution in [0.4, 0.5) is 5.69 Å². The predicted octanol–water partition coefficient (Wildman–Crippen LogP) is 1.72. The van der Waals surface area contributed by atoms with E-state index in [-0.39, 0.29) is 0 Å². The number of aryl methyl sites for hydroxylation is 1. The Morgan fingerprint density at radius 3 is 2.14 bits per heavy atom. The summed E-state index contributed by atoms with van der Waals surface area (Å²) in [4.78, 5) is 21.9. The quantitative estimate of drug-likeness (QED) is 0.349. The van der Waals surface area contributed by atoms with E-state index in [1.54, 1.807) is 11.8 Å². The first-order valence-corrected chi connectivity index (χ1v) is 9.63. The molecule has 8 nitrogen and oxygen atoms in total. The van der Waals surface area contributed by atoms with Crippen LogP contribution >= 0.6 is 11.8 Å². The Balaban J connectivity index is 0.000000359. The van der Waals surface area contributed by atoms with Crippen LogP contribution in [0.5, 0.6) is 0 Å². The molecule has 0 bridgehead atoms. The van der Waals surface area contributed by atoms with Crippen molar-refractivity contribution in [3.8, 4) is 0 Å². The van der Waals surface area contributed by atoms with Gasteiger partial charge in [0.15, 0.2) is 12.2 Å². The number of aliphatic carboxylic acids is 2. The van der Waals surface area contributed by atoms with E-state index in [0.29, 0.717) is 0 Å². The van der Waals surface area contributed by atoms with Gasteiger partial charge in [-0.2, -0.15) is 0 Å². The van der Waals surface area contributed by atoms with Gasteiger partial charge in [-0.1, -0.05) is 43.0 Å². The molecule has 0 aromatic heterocycles. The number of nitrogens with one attached hydrogen (secondary N) is 1. The van der Waals surface area contributed by atoms with Crippen molar-refractivity contribution >= 4 is 29.4 Å². The average Bonchev–Trinajstić information content (AvgIpc) is 2.68. The second-order valence-corrected chi connectivity index (χ2v) is 7.18. The minimum atomic E-state index is -2.27. The molecule has 0 amide bonds. The Hall–Kier alpha value is -2.59. The lowest BCUT2D eigenvalue weighted by Gasteiger charge is -2.11. The third-order valence-corrected chi connectivity index (χ3v) is 4.94. The number of rotatable bonds is 8. The van der Waals surface area contributed by atoms with Crippen LogP contribution in [0.3, 0.4) is 0 Å². The van der Waals surface area contributed by atoms with Gasteiger partial charge < -0.3 is 31.5 Å². The summed E-state index contributed by atoms with van der Waals surface area (Å²) in [6.45, 7) is 6.05. The maximum Gasteiger partial charge on any atom is 0.335 e. The molecule has 0 fully saturated rings. The van der Waals surface area contributed by atoms with Gasteiger partial charge in [0.25, 0.3) is 0 Å². The van der Waals surface area contributed by atoms with Gasteiger partial charge in [0.05, 0.1) is 0 Å². The molecule has 29 heavy (non-hydrogen) atoms. The van der Waals surface area contributed by atoms with E-state index in [1.807, 2.05) is 6.07 Å². The molecule has 2 aromatic rings. The number of carboxylic acids is 2. The van der Waals surface area contributed by atoms with Crippen molar-refractivity contribution in [3.05, 3.63) is 53.6 Å². The summed E-state index contributed by atoms with van der Waals surface area (Å²) in [5.41, 5.74) is 9.44. The zero-order valence-corrected chi connectivity index (χ0v) is 17.0. The standard InChI is InChI=1S/C16H20N2S.C4H6O6/c1-3-18-11-13-6-4-5-7-15(13)19-16-9-8-12(2)10-14(16)17;5-1(3(7)8)2(6)4(9)10/h4-10,18H,3,11,17H2,1-2H3;1-2,5-6H,(H,7,8)(H,9,10). The molecular weight excluding hydrogens is 396 g/mol. The molecule has 2 unspecified atom stereocenters. The summed E-state index contributed by atoms with van der Waals surface area (Å²) < 4.78 is 0. The van der Waals surface area contributed by atoms with Crippen molar-refractivity contribution in [1.29, 1.82) is 0 Å². The summed E-state index contributed by atoms with van der Waals surface area (Å²) >= 11 is 1.73. The Morgan fingerprint density at radius 1 is 1.03 bits per heavy atom. The lowest BCUT2D eigenvalue weighted by Crippen LogP contribution is -2.39. The number of carbonyl (C=O) groups is 2. The number of benzene rings is 2. The lowest BCUT2D eigenvalue weighted by atomic mass is 10.2. The molecule has 0 aliphatic carbocycles. The Kier molecular flexibility index (Phi) is 10.2. The van der Waals surface area contributed by atoms with Crippen molar-refractivity contribution in [2.45, 2.75) is 42.4 Å². The maximum absolute atomic E-state index is 9.77. The maximum atomic E-state index is 9.77. The van der Waals surface area contributed by atoms with E-state index in [0.717, 1.165) is 23.7 Å². The van der Waals surface area contributed by atoms with Crippen LogP contribution < -0.4 is 11.1 Å². The van der Waals surface area contributed by atoms with Gasteiger partial charge in [-0.15, -0.1) is 0 Å². The fourth-order valence-corrected chi connectivity index (χ4v) is 3.13. The van der Waals surface area contributed by atoms with Crippen molar-refractivity contribution in [3.63, 3.8) is 0 Å². The predicted molar refractivity (Wildman–Crippen MR) is 111 cm³/mol. The van der Waals surface area contributed by atoms with E-state index < -0.39 is 24.1 Å². The first-order chi connectivity index (χ1) is 13.7. The molecule has 9 heteroatoms. The monoisotopic (exact) mass is 422 g/mol. The summed E-state index contributed by atoms with van der Waals surface area (Å²) in [6.07, 6.45) is -4.53. The highest BCUT2D eigenvalue weighted by Gasteiger charge is 2.29. The van der Waals surface area contributed by atoms with Gasteiger partial charge in [-0.3, -0.25) is 0 Å². The number of nitrogens with two attached hydrogens (primary N) is 1. The zero-order chi connectivity index (χ0) is 22.0. The summed E-state index contributed by atoms with van der Waals surface area (Å²) in [5.74, 6) is -3.54. The van der Waals surface area contributed by atoms with Crippen LogP contribution in [0.2, 0.25) is 0 Å². The normalized spacial score (nSPS) is 12.4. The number of nitrogen functional groups attached to an aromatic ring is 1. The van der Waals surface area contributed by atoms with Crippen LogP contribution in [-0.4, -0.2) is 51.1 Å². The van der Waals surface area contributed by atoms with Crippen molar-refractivity contribution < 1.29 is 30.0 Å². The molecule has 0 heterocycles. The van der Waals surface area contributed by atoms with Crippen LogP contribution in [0.1, 0.15) is 18.1 Å². The SMILES string of the molecule is CCNCc1ccccc1Sc1ccc(C)cc1N.O=C(O)C(O)C(O)C(=O)O. The number of anilines is 1. The number of carboxylic acid groups (broad SMARTS) is 2. The third kappa shape index (κ3) is 8.12. The average molecular weight is 423 g/mol. The summed E-state index contributed by atoms with van der Waals surface area (Å²) in [6, 6.07) is 14.7. The van der Waals surface area contributed by atoms with E-state index in [1.165, 1.54) is 16.0 Å². The lowest BCUT2D eigenvalue weighted by molar-refractivity contribution is -0.165. The molecule has 0 radical (unpaired) electrons. The highest BCUT2D eigenvalue weighted by atomic mass is 32.2. The molecule has 0 aliphatic heterocycles.